The summed E-state index contributed by atoms with van der Waals surface area (Å²) in [6, 6.07) is 7.90. The number of allylic oxidation sites excluding steroid dienone is 1. The summed E-state index contributed by atoms with van der Waals surface area (Å²) in [6.45, 7) is 6.07. The van der Waals surface area contributed by atoms with E-state index < -0.39 is 10.0 Å². The molecule has 94 valence electrons. The van der Waals surface area contributed by atoms with Crippen LogP contribution in [0.15, 0.2) is 29.7 Å². The number of benzene rings is 1. The molecule has 0 fully saturated rings. The molecule has 0 aliphatic heterocycles. The molecular weight excluding hydrogens is 234 g/mol. The maximum absolute atomic E-state index is 10.9. The predicted molar refractivity (Wildman–Crippen MR) is 71.7 cm³/mol. The van der Waals surface area contributed by atoms with E-state index in [2.05, 4.69) is 13.8 Å². The number of nitrogens with two attached hydrogens (primary N) is 1. The first-order chi connectivity index (χ1) is 7.78. The molecule has 0 saturated heterocycles. The molecule has 1 rings (SSSR count). The molecule has 0 aliphatic rings. The smallest absolute Gasteiger partial charge is 0.225 e. The van der Waals surface area contributed by atoms with E-state index in [1.165, 1.54) is 5.56 Å². The topological polar surface area (TPSA) is 60.2 Å². The summed E-state index contributed by atoms with van der Waals surface area (Å²) in [5.74, 6) is 0.613. The Bertz CT molecular complexity index is 499. The third kappa shape index (κ3) is 5.15. The van der Waals surface area contributed by atoms with Crippen LogP contribution < -0.4 is 5.14 Å². The zero-order chi connectivity index (χ0) is 13.1. The third-order valence-corrected chi connectivity index (χ3v) is 3.08. The molecule has 0 radical (unpaired) electrons. The monoisotopic (exact) mass is 253 g/mol. The molecule has 0 spiro atoms. The highest BCUT2D eigenvalue weighted by Crippen LogP contribution is 2.16. The average molecular weight is 253 g/mol. The van der Waals surface area contributed by atoms with Crippen LogP contribution in [0.5, 0.6) is 0 Å². The minimum Gasteiger partial charge on any atom is -0.225 e. The maximum atomic E-state index is 10.9. The molecule has 3 nitrogen and oxygen atoms in total. The van der Waals surface area contributed by atoms with Crippen molar-refractivity contribution in [2.75, 3.05) is 0 Å². The van der Waals surface area contributed by atoms with Crippen LogP contribution >= 0.6 is 0 Å². The SMILES string of the molecule is CC(=CS(N)(=O)=O)c1ccc(CC(C)C)cc1. The molecule has 1 aromatic carbocycles. The first-order valence-corrected chi connectivity index (χ1v) is 7.19. The quantitative estimate of drug-likeness (QED) is 0.896. The second-order valence-corrected chi connectivity index (χ2v) is 6.10. The average Bonchev–Trinajstić information content (AvgIpc) is 2.15. The van der Waals surface area contributed by atoms with E-state index in [0.29, 0.717) is 11.5 Å². The lowest BCUT2D eigenvalue weighted by Crippen LogP contribution is -2.07. The van der Waals surface area contributed by atoms with Crippen molar-refractivity contribution in [1.82, 2.24) is 0 Å². The summed E-state index contributed by atoms with van der Waals surface area (Å²) in [6.07, 6.45) is 1.03. The fourth-order valence-electron chi connectivity index (χ4n) is 1.69. The van der Waals surface area contributed by atoms with Crippen LogP contribution in [0.2, 0.25) is 0 Å². The van der Waals surface area contributed by atoms with E-state index in [1.807, 2.05) is 24.3 Å². The lowest BCUT2D eigenvalue weighted by atomic mass is 10.0. The summed E-state index contributed by atoms with van der Waals surface area (Å²) in [5.41, 5.74) is 2.79. The molecule has 2 N–H and O–H groups in total. The van der Waals surface area contributed by atoms with E-state index in [4.69, 9.17) is 5.14 Å². The van der Waals surface area contributed by atoms with Crippen LogP contribution in [-0.2, 0) is 16.4 Å². The van der Waals surface area contributed by atoms with E-state index in [9.17, 15) is 8.42 Å². The zero-order valence-electron chi connectivity index (χ0n) is 10.5. The summed E-state index contributed by atoms with van der Waals surface area (Å²) in [4.78, 5) is 0. The van der Waals surface area contributed by atoms with Crippen molar-refractivity contribution in [3.63, 3.8) is 0 Å². The van der Waals surface area contributed by atoms with Crippen molar-refractivity contribution < 1.29 is 8.42 Å². The molecule has 0 aromatic heterocycles. The van der Waals surface area contributed by atoms with Crippen LogP contribution in [0.3, 0.4) is 0 Å². The van der Waals surface area contributed by atoms with Gasteiger partial charge in [-0.3, -0.25) is 0 Å². The van der Waals surface area contributed by atoms with Gasteiger partial charge in [0.25, 0.3) is 0 Å². The second-order valence-electron chi connectivity index (χ2n) is 4.68. The Hall–Kier alpha value is -1.13. The Kier molecular flexibility index (Phi) is 4.48. The number of hydrogen-bond donors (Lipinski definition) is 1. The molecule has 4 heteroatoms. The molecule has 1 aromatic rings. The summed E-state index contributed by atoms with van der Waals surface area (Å²) >= 11 is 0. The second kappa shape index (κ2) is 5.47. The first kappa shape index (κ1) is 13.9. The lowest BCUT2D eigenvalue weighted by Gasteiger charge is -2.06. The molecule has 0 aliphatic carbocycles. The van der Waals surface area contributed by atoms with Gasteiger partial charge in [-0.1, -0.05) is 38.1 Å². The minimum absolute atomic E-state index is 0.613. The predicted octanol–water partition coefficient (Wildman–Crippen LogP) is 2.53. The van der Waals surface area contributed by atoms with Crippen molar-refractivity contribution in [1.29, 1.82) is 0 Å². The van der Waals surface area contributed by atoms with E-state index in [1.54, 1.807) is 6.92 Å². The molecule has 0 saturated carbocycles. The van der Waals surface area contributed by atoms with Crippen LogP contribution in [-0.4, -0.2) is 8.42 Å². The largest absolute Gasteiger partial charge is 0.231 e. The summed E-state index contributed by atoms with van der Waals surface area (Å²) < 4.78 is 21.9. The van der Waals surface area contributed by atoms with Crippen molar-refractivity contribution in [2.45, 2.75) is 27.2 Å². The van der Waals surface area contributed by atoms with Crippen molar-refractivity contribution in [3.05, 3.63) is 40.8 Å². The van der Waals surface area contributed by atoms with Crippen LogP contribution in [0, 0.1) is 5.92 Å². The highest BCUT2D eigenvalue weighted by atomic mass is 32.2. The van der Waals surface area contributed by atoms with Crippen molar-refractivity contribution in [2.24, 2.45) is 11.1 Å². The number of hydrogen-bond acceptors (Lipinski definition) is 2. The molecular formula is C13H19NO2S. The van der Waals surface area contributed by atoms with Gasteiger partial charge in [0.2, 0.25) is 10.0 Å². The van der Waals surface area contributed by atoms with Gasteiger partial charge in [0.15, 0.2) is 0 Å². The fraction of sp³-hybridized carbons (Fsp3) is 0.385. The van der Waals surface area contributed by atoms with Gasteiger partial charge < -0.3 is 0 Å². The number of primary sulfonamides is 1. The van der Waals surface area contributed by atoms with Gasteiger partial charge in [0.05, 0.1) is 0 Å². The lowest BCUT2D eigenvalue weighted by molar-refractivity contribution is 0.606. The Labute approximate surface area is 103 Å². The maximum Gasteiger partial charge on any atom is 0.231 e. The minimum atomic E-state index is -3.56. The van der Waals surface area contributed by atoms with E-state index in [-0.39, 0.29) is 0 Å². The summed E-state index contributed by atoms with van der Waals surface area (Å²) in [7, 11) is -3.56. The highest BCUT2D eigenvalue weighted by Gasteiger charge is 2.02. The molecule has 0 unspecified atom stereocenters. The molecule has 17 heavy (non-hydrogen) atoms. The normalized spacial score (nSPS) is 13.1. The Morgan fingerprint density at radius 1 is 1.29 bits per heavy atom. The van der Waals surface area contributed by atoms with Gasteiger partial charge in [-0.05, 0) is 36.0 Å². The standard InChI is InChI=1S/C13H19NO2S/c1-10(2)8-12-4-6-13(7-5-12)11(3)9-17(14,15)16/h4-7,9-10H,8H2,1-3H3,(H2,14,15,16). The van der Waals surface area contributed by atoms with Crippen LogP contribution in [0.25, 0.3) is 5.57 Å². The van der Waals surface area contributed by atoms with Gasteiger partial charge in [-0.2, -0.15) is 0 Å². The fourth-order valence-corrected chi connectivity index (χ4v) is 2.32. The Morgan fingerprint density at radius 2 is 1.82 bits per heavy atom. The highest BCUT2D eigenvalue weighted by molar-refractivity contribution is 7.92. The van der Waals surface area contributed by atoms with Gasteiger partial charge >= 0.3 is 0 Å². The van der Waals surface area contributed by atoms with Gasteiger partial charge in [-0.15, -0.1) is 0 Å². The van der Waals surface area contributed by atoms with E-state index >= 15 is 0 Å². The van der Waals surface area contributed by atoms with Crippen LogP contribution in [0.4, 0.5) is 0 Å². The first-order valence-electron chi connectivity index (χ1n) is 5.58. The molecule has 0 atom stereocenters. The van der Waals surface area contributed by atoms with Gasteiger partial charge in [-0.25, -0.2) is 13.6 Å². The van der Waals surface area contributed by atoms with Crippen LogP contribution in [0.1, 0.15) is 31.9 Å². The third-order valence-electron chi connectivity index (χ3n) is 2.39. The summed E-state index contributed by atoms with van der Waals surface area (Å²) in [5, 5.41) is 6.05. The van der Waals surface area contributed by atoms with E-state index in [0.717, 1.165) is 17.4 Å². The Balaban J connectivity index is 2.92. The number of rotatable bonds is 4. The van der Waals surface area contributed by atoms with Gasteiger partial charge in [0.1, 0.15) is 0 Å². The number of sulfonamides is 1. The Morgan fingerprint density at radius 3 is 2.24 bits per heavy atom. The molecule has 0 bridgehead atoms. The van der Waals surface area contributed by atoms with Gasteiger partial charge in [0, 0.05) is 5.41 Å². The molecule has 0 heterocycles. The van der Waals surface area contributed by atoms with Crippen molar-refractivity contribution in [3.8, 4) is 0 Å². The zero-order valence-corrected chi connectivity index (χ0v) is 11.3. The molecule has 0 amide bonds. The van der Waals surface area contributed by atoms with Crippen molar-refractivity contribution >= 4 is 15.6 Å².